The summed E-state index contributed by atoms with van der Waals surface area (Å²) in [6.07, 6.45) is 1.42. The van der Waals surface area contributed by atoms with E-state index in [-0.39, 0.29) is 17.5 Å². The molecule has 2 aromatic heterocycles. The molecule has 106 valence electrons. The maximum absolute atomic E-state index is 11.9. The summed E-state index contributed by atoms with van der Waals surface area (Å²) in [6.45, 7) is 1.70. The Bertz CT molecular complexity index is 725. The molecule has 0 aromatic carbocycles. The summed E-state index contributed by atoms with van der Waals surface area (Å²) in [6, 6.07) is 3.25. The zero-order valence-corrected chi connectivity index (χ0v) is 11.1. The van der Waals surface area contributed by atoms with Gasteiger partial charge >= 0.3 is 5.97 Å². The lowest BCUT2D eigenvalue weighted by Gasteiger charge is -2.14. The van der Waals surface area contributed by atoms with Crippen LogP contribution < -0.4 is 11.1 Å². The molecule has 0 amide bonds. The van der Waals surface area contributed by atoms with Crippen molar-refractivity contribution < 1.29 is 9.53 Å². The second-order valence-electron chi connectivity index (χ2n) is 4.41. The first kappa shape index (κ1) is 13.9. The molecule has 0 spiro atoms. The number of nitrogens with one attached hydrogen (secondary N) is 3. The van der Waals surface area contributed by atoms with Crippen LogP contribution >= 0.6 is 0 Å². The molecule has 0 unspecified atom stereocenters. The van der Waals surface area contributed by atoms with Crippen molar-refractivity contribution >= 4 is 5.97 Å². The standard InChI is InChI=1S/C13H15N3O4/c1-7-11(13(19)16-15-7)9(6-10(17)20-2)8-4-3-5-14-12(8)18/h3-5,9H,6H2,1-2H3,(H,14,18)(H2,15,16,19)/t9-/m0/s1. The summed E-state index contributed by atoms with van der Waals surface area (Å²) >= 11 is 0. The molecule has 2 aromatic rings. The van der Waals surface area contributed by atoms with Crippen LogP contribution in [0.4, 0.5) is 0 Å². The van der Waals surface area contributed by atoms with Gasteiger partial charge in [-0.15, -0.1) is 0 Å². The molecule has 0 saturated carbocycles. The Kier molecular flexibility index (Phi) is 3.88. The molecule has 0 saturated heterocycles. The highest BCUT2D eigenvalue weighted by molar-refractivity contribution is 5.71. The molecule has 7 nitrogen and oxygen atoms in total. The fourth-order valence-electron chi connectivity index (χ4n) is 2.20. The number of aromatic amines is 3. The van der Waals surface area contributed by atoms with Crippen LogP contribution in [-0.2, 0) is 9.53 Å². The Hall–Kier alpha value is -2.57. The van der Waals surface area contributed by atoms with Crippen LogP contribution in [0, 0.1) is 6.92 Å². The average molecular weight is 277 g/mol. The monoisotopic (exact) mass is 277 g/mol. The Morgan fingerprint density at radius 1 is 1.30 bits per heavy atom. The molecular weight excluding hydrogens is 262 g/mol. The zero-order chi connectivity index (χ0) is 14.7. The molecule has 3 N–H and O–H groups in total. The zero-order valence-electron chi connectivity index (χ0n) is 11.1. The Balaban J connectivity index is 2.57. The third-order valence-corrected chi connectivity index (χ3v) is 3.18. The van der Waals surface area contributed by atoms with Crippen molar-refractivity contribution in [1.82, 2.24) is 15.2 Å². The van der Waals surface area contributed by atoms with Gasteiger partial charge in [-0.25, -0.2) is 0 Å². The highest BCUT2D eigenvalue weighted by atomic mass is 16.5. The van der Waals surface area contributed by atoms with E-state index in [9.17, 15) is 14.4 Å². The lowest BCUT2D eigenvalue weighted by molar-refractivity contribution is -0.140. The number of hydrogen-bond donors (Lipinski definition) is 3. The van der Waals surface area contributed by atoms with Crippen molar-refractivity contribution in [3.8, 4) is 0 Å². The van der Waals surface area contributed by atoms with E-state index in [0.29, 0.717) is 16.8 Å². The van der Waals surface area contributed by atoms with Crippen LogP contribution in [0.5, 0.6) is 0 Å². The maximum Gasteiger partial charge on any atom is 0.306 e. The number of esters is 1. The van der Waals surface area contributed by atoms with Crippen LogP contribution in [0.25, 0.3) is 0 Å². The number of H-pyrrole nitrogens is 3. The summed E-state index contributed by atoms with van der Waals surface area (Å²) in [7, 11) is 1.27. The van der Waals surface area contributed by atoms with Gasteiger partial charge in [0, 0.05) is 28.9 Å². The smallest absolute Gasteiger partial charge is 0.306 e. The van der Waals surface area contributed by atoms with Gasteiger partial charge in [-0.1, -0.05) is 6.07 Å². The summed E-state index contributed by atoms with van der Waals surface area (Å²) in [5.74, 6) is -1.14. The number of pyridine rings is 1. The van der Waals surface area contributed by atoms with Gasteiger partial charge in [-0.2, -0.15) is 0 Å². The number of hydrogen-bond acceptors (Lipinski definition) is 4. The van der Waals surface area contributed by atoms with Crippen molar-refractivity contribution in [3.05, 3.63) is 55.9 Å². The fourth-order valence-corrected chi connectivity index (χ4v) is 2.20. The van der Waals surface area contributed by atoms with Crippen molar-refractivity contribution in [1.29, 1.82) is 0 Å². The molecule has 0 fully saturated rings. The number of carbonyl (C=O) groups is 1. The van der Waals surface area contributed by atoms with Gasteiger partial charge in [0.2, 0.25) is 0 Å². The van der Waals surface area contributed by atoms with Crippen molar-refractivity contribution in [2.24, 2.45) is 0 Å². The highest BCUT2D eigenvalue weighted by Crippen LogP contribution is 2.25. The second kappa shape index (κ2) is 5.60. The molecule has 7 heteroatoms. The van der Waals surface area contributed by atoms with Crippen LogP contribution in [-0.4, -0.2) is 28.3 Å². The summed E-state index contributed by atoms with van der Waals surface area (Å²) in [5, 5.41) is 5.15. The summed E-state index contributed by atoms with van der Waals surface area (Å²) in [5.41, 5.74) is 0.631. The molecule has 2 heterocycles. The summed E-state index contributed by atoms with van der Waals surface area (Å²) < 4.78 is 4.65. The molecule has 0 bridgehead atoms. The van der Waals surface area contributed by atoms with E-state index >= 15 is 0 Å². The minimum Gasteiger partial charge on any atom is -0.469 e. The third-order valence-electron chi connectivity index (χ3n) is 3.18. The molecule has 0 aliphatic rings. The quantitative estimate of drug-likeness (QED) is 0.703. The van der Waals surface area contributed by atoms with E-state index in [1.807, 2.05) is 0 Å². The van der Waals surface area contributed by atoms with E-state index in [0.717, 1.165) is 0 Å². The second-order valence-corrected chi connectivity index (χ2v) is 4.41. The van der Waals surface area contributed by atoms with Gasteiger partial charge in [0.25, 0.3) is 11.1 Å². The minimum absolute atomic E-state index is 0.0780. The average Bonchev–Trinajstić information content (AvgIpc) is 2.76. The SMILES string of the molecule is COC(=O)C[C@@H](c1ccc[nH]c1=O)c1c(C)[nH][nH]c1=O. The van der Waals surface area contributed by atoms with Gasteiger partial charge in [0.05, 0.1) is 13.5 Å². The van der Waals surface area contributed by atoms with Gasteiger partial charge < -0.3 is 14.8 Å². The number of rotatable bonds is 4. The normalized spacial score (nSPS) is 12.1. The lowest BCUT2D eigenvalue weighted by Crippen LogP contribution is -2.23. The highest BCUT2D eigenvalue weighted by Gasteiger charge is 2.26. The van der Waals surface area contributed by atoms with Crippen LogP contribution in [0.3, 0.4) is 0 Å². The van der Waals surface area contributed by atoms with Crippen LogP contribution in [0.1, 0.15) is 29.2 Å². The molecule has 20 heavy (non-hydrogen) atoms. The third kappa shape index (κ3) is 2.56. The van der Waals surface area contributed by atoms with E-state index in [1.54, 1.807) is 19.1 Å². The van der Waals surface area contributed by atoms with Crippen LogP contribution in [0.15, 0.2) is 27.9 Å². The molecule has 0 aliphatic carbocycles. The lowest BCUT2D eigenvalue weighted by atomic mass is 9.89. The predicted molar refractivity (Wildman–Crippen MR) is 71.7 cm³/mol. The fraction of sp³-hybridized carbons (Fsp3) is 0.308. The predicted octanol–water partition coefficient (Wildman–Crippen LogP) is 0.395. The van der Waals surface area contributed by atoms with Crippen molar-refractivity contribution in [3.63, 3.8) is 0 Å². The van der Waals surface area contributed by atoms with Crippen LogP contribution in [0.2, 0.25) is 0 Å². The van der Waals surface area contributed by atoms with E-state index in [2.05, 4.69) is 19.9 Å². The molecule has 0 radical (unpaired) electrons. The van der Waals surface area contributed by atoms with Gasteiger partial charge in [0.1, 0.15) is 0 Å². The van der Waals surface area contributed by atoms with Gasteiger partial charge in [-0.05, 0) is 13.0 Å². The minimum atomic E-state index is -0.651. The molecule has 2 rings (SSSR count). The number of aromatic nitrogens is 3. The molecule has 0 aliphatic heterocycles. The molecule has 1 atom stereocenters. The number of aryl methyl sites for hydroxylation is 1. The van der Waals surface area contributed by atoms with Crippen molar-refractivity contribution in [2.75, 3.05) is 7.11 Å². The Labute approximate surface area is 114 Å². The maximum atomic E-state index is 11.9. The van der Waals surface area contributed by atoms with E-state index in [4.69, 9.17) is 0 Å². The molecular formula is C13H15N3O4. The first-order valence-electron chi connectivity index (χ1n) is 6.06. The van der Waals surface area contributed by atoms with Gasteiger partial charge in [0.15, 0.2) is 0 Å². The summed E-state index contributed by atoms with van der Waals surface area (Å²) in [4.78, 5) is 37.9. The number of ether oxygens (including phenoxy) is 1. The van der Waals surface area contributed by atoms with E-state index < -0.39 is 11.9 Å². The number of carbonyl (C=O) groups excluding carboxylic acids is 1. The van der Waals surface area contributed by atoms with E-state index in [1.165, 1.54) is 13.3 Å². The first-order valence-corrected chi connectivity index (χ1v) is 6.06. The Morgan fingerprint density at radius 2 is 2.05 bits per heavy atom. The largest absolute Gasteiger partial charge is 0.469 e. The van der Waals surface area contributed by atoms with Crippen molar-refractivity contribution in [2.45, 2.75) is 19.3 Å². The number of methoxy groups -OCH3 is 1. The Morgan fingerprint density at radius 3 is 2.60 bits per heavy atom. The first-order chi connectivity index (χ1) is 9.54. The topological polar surface area (TPSA) is 108 Å². The van der Waals surface area contributed by atoms with Gasteiger partial charge in [-0.3, -0.25) is 19.5 Å².